The smallest absolute Gasteiger partial charge is 0.117 e. The van der Waals surface area contributed by atoms with Gasteiger partial charge >= 0.3 is 0 Å². The molecule has 0 fully saturated rings. The first kappa shape index (κ1) is 10.5. The summed E-state index contributed by atoms with van der Waals surface area (Å²) in [4.78, 5) is 1.47. The molecule has 2 aromatic heterocycles. The monoisotopic (exact) mass is 221 g/mol. The van der Waals surface area contributed by atoms with Gasteiger partial charge in [-0.1, -0.05) is 0 Å². The van der Waals surface area contributed by atoms with Gasteiger partial charge in [0, 0.05) is 11.4 Å². The van der Waals surface area contributed by atoms with Gasteiger partial charge < -0.3 is 9.73 Å². The van der Waals surface area contributed by atoms with Crippen molar-refractivity contribution >= 4 is 11.3 Å². The van der Waals surface area contributed by atoms with E-state index in [1.807, 2.05) is 23.5 Å². The number of aryl methyl sites for hydroxylation is 1. The molecular formula is C12H15NOS. The van der Waals surface area contributed by atoms with Crippen molar-refractivity contribution < 1.29 is 4.42 Å². The zero-order valence-corrected chi connectivity index (χ0v) is 9.64. The summed E-state index contributed by atoms with van der Waals surface area (Å²) in [6, 6.07) is 6.08. The van der Waals surface area contributed by atoms with Gasteiger partial charge in [-0.2, -0.15) is 0 Å². The second kappa shape index (κ2) is 5.14. The van der Waals surface area contributed by atoms with Crippen LogP contribution in [0.15, 0.2) is 34.3 Å². The maximum atomic E-state index is 5.23. The average molecular weight is 221 g/mol. The van der Waals surface area contributed by atoms with Crippen LogP contribution in [-0.4, -0.2) is 6.54 Å². The quantitative estimate of drug-likeness (QED) is 0.785. The van der Waals surface area contributed by atoms with Gasteiger partial charge in [-0.25, -0.2) is 0 Å². The third-order valence-electron chi connectivity index (χ3n) is 2.38. The van der Waals surface area contributed by atoms with Gasteiger partial charge in [0.1, 0.15) is 5.76 Å². The minimum absolute atomic E-state index is 0.817. The van der Waals surface area contributed by atoms with Crippen LogP contribution in [-0.2, 0) is 13.0 Å². The van der Waals surface area contributed by atoms with Crippen molar-refractivity contribution in [3.63, 3.8) is 0 Å². The molecule has 2 nitrogen and oxygen atoms in total. The van der Waals surface area contributed by atoms with Crippen LogP contribution in [0, 0.1) is 6.92 Å². The van der Waals surface area contributed by atoms with Gasteiger partial charge in [-0.05, 0) is 42.5 Å². The Morgan fingerprint density at radius 2 is 2.33 bits per heavy atom. The van der Waals surface area contributed by atoms with Crippen LogP contribution in [0.4, 0.5) is 0 Å². The molecule has 0 atom stereocenters. The minimum Gasteiger partial charge on any atom is -0.468 e. The standard InChI is InChI=1S/C12H15NOS/c1-10-5-8-15-12(10)4-6-13-9-11-3-2-7-14-11/h2-3,5,7-8,13H,4,6,9H2,1H3. The molecule has 0 saturated heterocycles. The molecular weight excluding hydrogens is 206 g/mol. The summed E-state index contributed by atoms with van der Waals surface area (Å²) in [5, 5.41) is 5.52. The van der Waals surface area contributed by atoms with Crippen molar-refractivity contribution in [2.45, 2.75) is 19.9 Å². The molecule has 3 heteroatoms. The van der Waals surface area contributed by atoms with Crippen LogP contribution in [0.3, 0.4) is 0 Å². The Labute approximate surface area is 93.9 Å². The van der Waals surface area contributed by atoms with Crippen LogP contribution < -0.4 is 5.32 Å². The predicted octanol–water partition coefficient (Wildman–Crippen LogP) is 2.98. The minimum atomic E-state index is 0.817. The maximum Gasteiger partial charge on any atom is 0.117 e. The lowest BCUT2D eigenvalue weighted by molar-refractivity contribution is 0.484. The molecule has 0 aliphatic heterocycles. The summed E-state index contributed by atoms with van der Waals surface area (Å²) in [6.07, 6.45) is 2.81. The third-order valence-corrected chi connectivity index (χ3v) is 3.46. The number of hydrogen-bond donors (Lipinski definition) is 1. The van der Waals surface area contributed by atoms with Crippen molar-refractivity contribution in [2.75, 3.05) is 6.54 Å². The van der Waals surface area contributed by atoms with Gasteiger partial charge in [0.15, 0.2) is 0 Å². The highest BCUT2D eigenvalue weighted by Crippen LogP contribution is 2.15. The summed E-state index contributed by atoms with van der Waals surface area (Å²) < 4.78 is 5.23. The molecule has 1 N–H and O–H groups in total. The van der Waals surface area contributed by atoms with Gasteiger partial charge in [-0.3, -0.25) is 0 Å². The van der Waals surface area contributed by atoms with E-state index in [1.54, 1.807) is 6.26 Å². The van der Waals surface area contributed by atoms with E-state index in [-0.39, 0.29) is 0 Å². The molecule has 2 heterocycles. The highest BCUT2D eigenvalue weighted by atomic mass is 32.1. The molecule has 80 valence electrons. The molecule has 0 bridgehead atoms. The van der Waals surface area contributed by atoms with E-state index in [0.717, 1.165) is 25.3 Å². The number of thiophene rings is 1. The van der Waals surface area contributed by atoms with E-state index in [4.69, 9.17) is 4.42 Å². The molecule has 0 saturated carbocycles. The maximum absolute atomic E-state index is 5.23. The number of rotatable bonds is 5. The van der Waals surface area contributed by atoms with Crippen molar-refractivity contribution in [2.24, 2.45) is 0 Å². The molecule has 0 aliphatic carbocycles. The zero-order valence-electron chi connectivity index (χ0n) is 8.82. The Morgan fingerprint density at radius 3 is 3.00 bits per heavy atom. The largest absolute Gasteiger partial charge is 0.468 e. The van der Waals surface area contributed by atoms with Crippen molar-refractivity contribution in [1.82, 2.24) is 5.32 Å². The first-order valence-corrected chi connectivity index (χ1v) is 6.00. The Kier molecular flexibility index (Phi) is 3.59. The molecule has 2 rings (SSSR count). The van der Waals surface area contributed by atoms with E-state index in [1.165, 1.54) is 10.4 Å². The lowest BCUT2D eigenvalue weighted by atomic mass is 10.2. The first-order valence-electron chi connectivity index (χ1n) is 5.12. The van der Waals surface area contributed by atoms with Gasteiger partial charge in [0.2, 0.25) is 0 Å². The van der Waals surface area contributed by atoms with Crippen LogP contribution >= 0.6 is 11.3 Å². The molecule has 0 amide bonds. The predicted molar refractivity (Wildman–Crippen MR) is 63.2 cm³/mol. The zero-order chi connectivity index (χ0) is 10.5. The first-order chi connectivity index (χ1) is 7.36. The summed E-state index contributed by atoms with van der Waals surface area (Å²) in [5.41, 5.74) is 1.40. The summed E-state index contributed by atoms with van der Waals surface area (Å²) in [6.45, 7) is 3.98. The number of hydrogen-bond acceptors (Lipinski definition) is 3. The van der Waals surface area contributed by atoms with Gasteiger partial charge in [0.25, 0.3) is 0 Å². The van der Waals surface area contributed by atoms with E-state index in [2.05, 4.69) is 23.7 Å². The fourth-order valence-corrected chi connectivity index (χ4v) is 2.40. The molecule has 0 radical (unpaired) electrons. The molecule has 15 heavy (non-hydrogen) atoms. The Bertz CT molecular complexity index is 391. The van der Waals surface area contributed by atoms with E-state index < -0.39 is 0 Å². The highest BCUT2D eigenvalue weighted by molar-refractivity contribution is 7.10. The molecule has 0 unspecified atom stereocenters. The topological polar surface area (TPSA) is 25.2 Å². The summed E-state index contributed by atoms with van der Waals surface area (Å²) in [7, 11) is 0. The van der Waals surface area contributed by atoms with E-state index in [9.17, 15) is 0 Å². The second-order valence-corrected chi connectivity index (χ2v) is 4.53. The molecule has 0 aromatic carbocycles. The van der Waals surface area contributed by atoms with Crippen LogP contribution in [0.25, 0.3) is 0 Å². The molecule has 0 aliphatic rings. The average Bonchev–Trinajstić information content (AvgIpc) is 2.85. The number of furan rings is 1. The van der Waals surface area contributed by atoms with Crippen LogP contribution in [0.5, 0.6) is 0 Å². The van der Waals surface area contributed by atoms with Gasteiger partial charge in [-0.15, -0.1) is 11.3 Å². The van der Waals surface area contributed by atoms with Crippen molar-refractivity contribution in [1.29, 1.82) is 0 Å². The normalized spacial score (nSPS) is 10.7. The summed E-state index contributed by atoms with van der Waals surface area (Å²) in [5.74, 6) is 0.998. The van der Waals surface area contributed by atoms with Crippen LogP contribution in [0.2, 0.25) is 0 Å². The molecule has 2 aromatic rings. The van der Waals surface area contributed by atoms with Crippen molar-refractivity contribution in [3.05, 3.63) is 46.0 Å². The lowest BCUT2D eigenvalue weighted by Crippen LogP contribution is -2.16. The van der Waals surface area contributed by atoms with E-state index in [0.29, 0.717) is 0 Å². The van der Waals surface area contributed by atoms with Crippen molar-refractivity contribution in [3.8, 4) is 0 Å². The van der Waals surface area contributed by atoms with E-state index >= 15 is 0 Å². The fraction of sp³-hybridized carbons (Fsp3) is 0.333. The second-order valence-electron chi connectivity index (χ2n) is 3.53. The Morgan fingerprint density at radius 1 is 1.40 bits per heavy atom. The summed E-state index contributed by atoms with van der Waals surface area (Å²) >= 11 is 1.83. The third kappa shape index (κ3) is 2.94. The van der Waals surface area contributed by atoms with Gasteiger partial charge in [0.05, 0.1) is 12.8 Å². The van der Waals surface area contributed by atoms with Crippen LogP contribution in [0.1, 0.15) is 16.2 Å². The highest BCUT2D eigenvalue weighted by Gasteiger charge is 1.99. The Hall–Kier alpha value is -1.06. The number of nitrogens with one attached hydrogen (secondary N) is 1. The SMILES string of the molecule is Cc1ccsc1CCNCc1ccco1. The fourth-order valence-electron chi connectivity index (χ4n) is 1.49. The molecule has 0 spiro atoms. The lowest BCUT2D eigenvalue weighted by Gasteiger charge is -2.02. The Balaban J connectivity index is 1.70.